The van der Waals surface area contributed by atoms with Crippen LogP contribution in [0.1, 0.15) is 117 Å². The standard InChI is InChI=1S/C21H45NO/c1-4-7-8-9-10-11-12-13-14-15-16-17-18-20-23-21(6-3)22-19-5-2/h21-22H,4-20H2,1-3H3. The Morgan fingerprint density at radius 1 is 0.609 bits per heavy atom. The smallest absolute Gasteiger partial charge is 0.107 e. The highest BCUT2D eigenvalue weighted by Crippen LogP contribution is 2.12. The fourth-order valence-corrected chi connectivity index (χ4v) is 2.97. The third-order valence-electron chi connectivity index (χ3n) is 4.56. The monoisotopic (exact) mass is 327 g/mol. The molecule has 0 amide bonds. The summed E-state index contributed by atoms with van der Waals surface area (Å²) in [6.07, 6.45) is 20.8. The normalized spacial score (nSPS) is 12.7. The first-order chi connectivity index (χ1) is 11.3. The lowest BCUT2D eigenvalue weighted by molar-refractivity contribution is 0.0252. The van der Waals surface area contributed by atoms with Gasteiger partial charge in [-0.15, -0.1) is 0 Å². The van der Waals surface area contributed by atoms with Crippen LogP contribution in [-0.2, 0) is 4.74 Å². The van der Waals surface area contributed by atoms with Crippen LogP contribution < -0.4 is 5.32 Å². The molecule has 0 fully saturated rings. The van der Waals surface area contributed by atoms with Gasteiger partial charge >= 0.3 is 0 Å². The quantitative estimate of drug-likeness (QED) is 0.207. The van der Waals surface area contributed by atoms with Gasteiger partial charge in [-0.2, -0.15) is 0 Å². The predicted molar refractivity (Wildman–Crippen MR) is 104 cm³/mol. The average Bonchev–Trinajstić information content (AvgIpc) is 2.57. The summed E-state index contributed by atoms with van der Waals surface area (Å²) in [6.45, 7) is 8.67. The van der Waals surface area contributed by atoms with E-state index in [4.69, 9.17) is 4.74 Å². The van der Waals surface area contributed by atoms with Crippen LogP contribution in [0.15, 0.2) is 0 Å². The highest BCUT2D eigenvalue weighted by atomic mass is 16.5. The largest absolute Gasteiger partial charge is 0.363 e. The Morgan fingerprint density at radius 3 is 1.52 bits per heavy atom. The molecule has 0 spiro atoms. The molecule has 2 heteroatoms. The number of hydrogen-bond donors (Lipinski definition) is 1. The highest BCUT2D eigenvalue weighted by molar-refractivity contribution is 4.53. The molecular weight excluding hydrogens is 282 g/mol. The van der Waals surface area contributed by atoms with Crippen molar-refractivity contribution < 1.29 is 4.74 Å². The van der Waals surface area contributed by atoms with Crippen LogP contribution in [0.2, 0.25) is 0 Å². The van der Waals surface area contributed by atoms with Crippen molar-refractivity contribution >= 4 is 0 Å². The Morgan fingerprint density at radius 2 is 1.09 bits per heavy atom. The number of unbranched alkanes of at least 4 members (excludes halogenated alkanes) is 12. The van der Waals surface area contributed by atoms with Crippen LogP contribution in [0.25, 0.3) is 0 Å². The Labute approximate surface area is 147 Å². The van der Waals surface area contributed by atoms with E-state index in [1.54, 1.807) is 0 Å². The summed E-state index contributed by atoms with van der Waals surface area (Å²) in [5, 5.41) is 3.44. The fraction of sp³-hybridized carbons (Fsp3) is 1.00. The Balaban J connectivity index is 3.12. The maximum atomic E-state index is 5.88. The highest BCUT2D eigenvalue weighted by Gasteiger charge is 2.03. The van der Waals surface area contributed by atoms with Gasteiger partial charge in [-0.1, -0.05) is 97.8 Å². The lowest BCUT2D eigenvalue weighted by Crippen LogP contribution is -2.32. The van der Waals surface area contributed by atoms with Gasteiger partial charge in [0.15, 0.2) is 0 Å². The Bertz CT molecular complexity index is 208. The van der Waals surface area contributed by atoms with Crippen molar-refractivity contribution in [3.63, 3.8) is 0 Å². The van der Waals surface area contributed by atoms with Crippen molar-refractivity contribution in [1.82, 2.24) is 5.32 Å². The topological polar surface area (TPSA) is 21.3 Å². The molecule has 0 saturated heterocycles. The van der Waals surface area contributed by atoms with Crippen LogP contribution in [0, 0.1) is 0 Å². The van der Waals surface area contributed by atoms with Crippen LogP contribution in [-0.4, -0.2) is 19.4 Å². The summed E-state index contributed by atoms with van der Waals surface area (Å²) in [7, 11) is 0. The molecule has 0 radical (unpaired) electrons. The van der Waals surface area contributed by atoms with E-state index in [2.05, 4.69) is 26.1 Å². The van der Waals surface area contributed by atoms with Gasteiger partial charge < -0.3 is 4.74 Å². The van der Waals surface area contributed by atoms with E-state index < -0.39 is 0 Å². The molecule has 0 aromatic heterocycles. The van der Waals surface area contributed by atoms with E-state index in [1.807, 2.05) is 0 Å². The van der Waals surface area contributed by atoms with Gasteiger partial charge in [0.25, 0.3) is 0 Å². The molecule has 2 nitrogen and oxygen atoms in total. The van der Waals surface area contributed by atoms with Crippen LogP contribution in [0.4, 0.5) is 0 Å². The third-order valence-corrected chi connectivity index (χ3v) is 4.56. The van der Waals surface area contributed by atoms with Crippen LogP contribution in [0.3, 0.4) is 0 Å². The van der Waals surface area contributed by atoms with Gasteiger partial charge in [0.1, 0.15) is 6.23 Å². The second-order valence-electron chi connectivity index (χ2n) is 6.96. The molecule has 0 aromatic carbocycles. The van der Waals surface area contributed by atoms with Gasteiger partial charge in [-0.25, -0.2) is 0 Å². The molecule has 0 saturated carbocycles. The number of ether oxygens (including phenoxy) is 1. The van der Waals surface area contributed by atoms with Crippen molar-refractivity contribution in [2.75, 3.05) is 13.2 Å². The van der Waals surface area contributed by atoms with Gasteiger partial charge in [-0.3, -0.25) is 5.32 Å². The molecule has 0 aliphatic carbocycles. The minimum atomic E-state index is 0.271. The molecule has 1 atom stereocenters. The number of rotatable bonds is 19. The summed E-state index contributed by atoms with van der Waals surface area (Å²) in [6, 6.07) is 0. The summed E-state index contributed by atoms with van der Waals surface area (Å²) >= 11 is 0. The van der Waals surface area contributed by atoms with Gasteiger partial charge in [0.2, 0.25) is 0 Å². The second kappa shape index (κ2) is 20.0. The van der Waals surface area contributed by atoms with E-state index in [-0.39, 0.29) is 6.23 Å². The zero-order valence-electron chi connectivity index (χ0n) is 16.5. The van der Waals surface area contributed by atoms with Gasteiger partial charge in [0, 0.05) is 6.61 Å². The second-order valence-corrected chi connectivity index (χ2v) is 6.96. The lowest BCUT2D eigenvalue weighted by Gasteiger charge is -2.17. The maximum Gasteiger partial charge on any atom is 0.107 e. The molecule has 0 heterocycles. The summed E-state index contributed by atoms with van der Waals surface area (Å²) in [5.41, 5.74) is 0. The first-order valence-electron chi connectivity index (χ1n) is 10.7. The fourth-order valence-electron chi connectivity index (χ4n) is 2.97. The molecular formula is C21H45NO. The number of hydrogen-bond acceptors (Lipinski definition) is 2. The third kappa shape index (κ3) is 18.1. The van der Waals surface area contributed by atoms with Crippen LogP contribution >= 0.6 is 0 Å². The SMILES string of the molecule is CCCCCCCCCCCCCCCOC(CC)NCCC. The minimum Gasteiger partial charge on any atom is -0.363 e. The van der Waals surface area contributed by atoms with E-state index in [1.165, 1.54) is 89.9 Å². The van der Waals surface area contributed by atoms with Crippen molar-refractivity contribution in [2.24, 2.45) is 0 Å². The number of nitrogens with one attached hydrogen (secondary N) is 1. The lowest BCUT2D eigenvalue weighted by atomic mass is 10.0. The molecule has 1 N–H and O–H groups in total. The van der Waals surface area contributed by atoms with Crippen molar-refractivity contribution in [3.8, 4) is 0 Å². The molecule has 1 unspecified atom stereocenters. The van der Waals surface area contributed by atoms with E-state index in [0.717, 1.165) is 19.6 Å². The Kier molecular flexibility index (Phi) is 19.9. The molecule has 0 aromatic rings. The molecule has 0 rings (SSSR count). The van der Waals surface area contributed by atoms with E-state index >= 15 is 0 Å². The van der Waals surface area contributed by atoms with Crippen molar-refractivity contribution in [2.45, 2.75) is 123 Å². The minimum absolute atomic E-state index is 0.271. The summed E-state index contributed by atoms with van der Waals surface area (Å²) in [4.78, 5) is 0. The van der Waals surface area contributed by atoms with Gasteiger partial charge in [0.05, 0.1) is 0 Å². The molecule has 140 valence electrons. The average molecular weight is 328 g/mol. The predicted octanol–water partition coefficient (Wildman–Crippen LogP) is 6.83. The van der Waals surface area contributed by atoms with Gasteiger partial charge in [-0.05, 0) is 25.8 Å². The van der Waals surface area contributed by atoms with Crippen molar-refractivity contribution in [1.29, 1.82) is 0 Å². The zero-order chi connectivity index (χ0) is 17.0. The maximum absolute atomic E-state index is 5.88. The van der Waals surface area contributed by atoms with E-state index in [0.29, 0.717) is 0 Å². The molecule has 0 bridgehead atoms. The molecule has 0 aliphatic rings. The zero-order valence-corrected chi connectivity index (χ0v) is 16.5. The van der Waals surface area contributed by atoms with Crippen LogP contribution in [0.5, 0.6) is 0 Å². The Hall–Kier alpha value is -0.0800. The molecule has 0 aliphatic heterocycles. The van der Waals surface area contributed by atoms with Crippen molar-refractivity contribution in [3.05, 3.63) is 0 Å². The summed E-state index contributed by atoms with van der Waals surface area (Å²) in [5.74, 6) is 0. The first-order valence-corrected chi connectivity index (χ1v) is 10.7. The first kappa shape index (κ1) is 22.9. The summed E-state index contributed by atoms with van der Waals surface area (Å²) < 4.78 is 5.88. The van der Waals surface area contributed by atoms with E-state index in [9.17, 15) is 0 Å². The molecule has 23 heavy (non-hydrogen) atoms.